The van der Waals surface area contributed by atoms with Crippen molar-refractivity contribution in [2.24, 2.45) is 5.92 Å². The predicted octanol–water partition coefficient (Wildman–Crippen LogP) is 1.86. The van der Waals surface area contributed by atoms with Crippen LogP contribution in [0, 0.1) is 5.92 Å². The van der Waals surface area contributed by atoms with Crippen LogP contribution in [-0.4, -0.2) is 62.6 Å². The average molecular weight is 374 g/mol. The molecule has 1 aromatic rings. The zero-order valence-electron chi connectivity index (χ0n) is 15.7. The molecule has 2 fully saturated rings. The van der Waals surface area contributed by atoms with Crippen molar-refractivity contribution in [3.05, 3.63) is 29.8 Å². The lowest BCUT2D eigenvalue weighted by molar-refractivity contribution is -0.121. The van der Waals surface area contributed by atoms with E-state index in [1.54, 1.807) is 31.4 Å². The molecule has 0 N–H and O–H groups in total. The first-order chi connectivity index (χ1) is 13.1. The van der Waals surface area contributed by atoms with Crippen molar-refractivity contribution in [2.45, 2.75) is 25.7 Å². The van der Waals surface area contributed by atoms with Gasteiger partial charge in [0.2, 0.25) is 11.8 Å². The number of likely N-dealkylation sites (tertiary alicyclic amines) is 1. The van der Waals surface area contributed by atoms with Crippen LogP contribution in [0.2, 0.25) is 0 Å². The fourth-order valence-corrected chi connectivity index (χ4v) is 3.52. The van der Waals surface area contributed by atoms with E-state index in [-0.39, 0.29) is 30.6 Å². The van der Waals surface area contributed by atoms with E-state index >= 15 is 0 Å². The monoisotopic (exact) mass is 374 g/mol. The van der Waals surface area contributed by atoms with Gasteiger partial charge in [0, 0.05) is 45.2 Å². The minimum Gasteiger partial charge on any atom is -0.382 e. The molecule has 27 heavy (non-hydrogen) atoms. The Hall–Kier alpha value is -2.25. The van der Waals surface area contributed by atoms with Gasteiger partial charge >= 0.3 is 0 Å². The molecule has 2 aliphatic rings. The van der Waals surface area contributed by atoms with Gasteiger partial charge in [0.05, 0.1) is 18.9 Å². The smallest absolute Gasteiger partial charge is 0.253 e. The van der Waals surface area contributed by atoms with Crippen molar-refractivity contribution >= 4 is 23.4 Å². The highest BCUT2D eigenvalue weighted by Crippen LogP contribution is 2.25. The molecule has 7 nitrogen and oxygen atoms in total. The highest BCUT2D eigenvalue weighted by atomic mass is 16.5. The van der Waals surface area contributed by atoms with Gasteiger partial charge in [-0.15, -0.1) is 0 Å². The standard InChI is InChI=1S/C20H26N2O5/c1-26-11-12-27-14-15-7-9-21(10-8-15)20(25)16-3-2-4-17(13-16)22-18(23)5-6-19(22)24/h2-4,13,15H,5-12,14H2,1H3. The molecule has 7 heteroatoms. The van der Waals surface area contributed by atoms with Gasteiger partial charge in [-0.1, -0.05) is 6.07 Å². The summed E-state index contributed by atoms with van der Waals surface area (Å²) < 4.78 is 10.6. The van der Waals surface area contributed by atoms with Crippen LogP contribution < -0.4 is 4.90 Å². The molecule has 0 bridgehead atoms. The predicted molar refractivity (Wildman–Crippen MR) is 99.5 cm³/mol. The summed E-state index contributed by atoms with van der Waals surface area (Å²) >= 11 is 0. The maximum Gasteiger partial charge on any atom is 0.253 e. The highest BCUT2D eigenvalue weighted by Gasteiger charge is 2.31. The van der Waals surface area contributed by atoms with E-state index in [0.717, 1.165) is 12.8 Å². The molecule has 146 valence electrons. The molecule has 0 unspecified atom stereocenters. The first-order valence-electron chi connectivity index (χ1n) is 9.42. The molecule has 2 heterocycles. The summed E-state index contributed by atoms with van der Waals surface area (Å²) in [5.41, 5.74) is 0.990. The number of nitrogens with zero attached hydrogens (tertiary/aromatic N) is 2. The summed E-state index contributed by atoms with van der Waals surface area (Å²) in [5.74, 6) is -0.0236. The minimum atomic E-state index is -0.209. The SMILES string of the molecule is COCCOCC1CCN(C(=O)c2cccc(N3C(=O)CCC3=O)c2)CC1. The van der Waals surface area contributed by atoms with Gasteiger partial charge < -0.3 is 14.4 Å². The van der Waals surface area contributed by atoms with Crippen LogP contribution in [0.5, 0.6) is 0 Å². The molecule has 2 saturated heterocycles. The number of rotatable bonds is 7. The molecule has 0 radical (unpaired) electrons. The number of carbonyl (C=O) groups is 3. The minimum absolute atomic E-state index is 0.0605. The largest absolute Gasteiger partial charge is 0.382 e. The van der Waals surface area contributed by atoms with Crippen LogP contribution >= 0.6 is 0 Å². The molecule has 0 aromatic heterocycles. The average Bonchev–Trinajstić information content (AvgIpc) is 3.03. The second-order valence-electron chi connectivity index (χ2n) is 6.98. The lowest BCUT2D eigenvalue weighted by atomic mass is 9.97. The van der Waals surface area contributed by atoms with Crippen LogP contribution in [0.4, 0.5) is 5.69 Å². The third-order valence-electron chi connectivity index (χ3n) is 5.09. The number of anilines is 1. The van der Waals surface area contributed by atoms with Crippen molar-refractivity contribution in [3.63, 3.8) is 0 Å². The number of benzene rings is 1. The van der Waals surface area contributed by atoms with Crippen molar-refractivity contribution in [1.82, 2.24) is 4.90 Å². The van der Waals surface area contributed by atoms with Gasteiger partial charge in [-0.25, -0.2) is 0 Å². The Morgan fingerprint density at radius 3 is 2.48 bits per heavy atom. The van der Waals surface area contributed by atoms with Crippen molar-refractivity contribution < 1.29 is 23.9 Å². The molecule has 3 rings (SSSR count). The summed E-state index contributed by atoms with van der Waals surface area (Å²) in [6, 6.07) is 6.79. The van der Waals surface area contributed by atoms with E-state index in [2.05, 4.69) is 0 Å². The second-order valence-corrected chi connectivity index (χ2v) is 6.98. The number of amides is 3. The Kier molecular flexibility index (Phi) is 6.58. The topological polar surface area (TPSA) is 76.2 Å². The van der Waals surface area contributed by atoms with Crippen LogP contribution in [-0.2, 0) is 19.1 Å². The van der Waals surface area contributed by atoms with Crippen molar-refractivity contribution in [1.29, 1.82) is 0 Å². The Balaban J connectivity index is 1.57. The first-order valence-corrected chi connectivity index (χ1v) is 9.42. The number of carbonyl (C=O) groups excluding carboxylic acids is 3. The fraction of sp³-hybridized carbons (Fsp3) is 0.550. The van der Waals surface area contributed by atoms with Crippen molar-refractivity contribution in [2.75, 3.05) is 44.9 Å². The van der Waals surface area contributed by atoms with Gasteiger partial charge in [-0.2, -0.15) is 0 Å². The highest BCUT2D eigenvalue weighted by molar-refractivity contribution is 6.20. The fourth-order valence-electron chi connectivity index (χ4n) is 3.52. The number of piperidine rings is 1. The molecule has 1 aromatic carbocycles. The normalized spacial score (nSPS) is 18.4. The van der Waals surface area contributed by atoms with Gasteiger partial charge in [0.1, 0.15) is 0 Å². The molecule has 3 amide bonds. The number of methoxy groups -OCH3 is 1. The summed E-state index contributed by atoms with van der Waals surface area (Å²) in [7, 11) is 1.65. The molecular weight excluding hydrogens is 348 g/mol. The van der Waals surface area contributed by atoms with Gasteiger partial charge in [-0.3, -0.25) is 19.3 Å². The number of imide groups is 1. The van der Waals surface area contributed by atoms with Crippen LogP contribution in [0.25, 0.3) is 0 Å². The summed E-state index contributed by atoms with van der Waals surface area (Å²) in [6.07, 6.45) is 2.27. The number of hydrogen-bond donors (Lipinski definition) is 0. The van der Waals surface area contributed by atoms with Crippen LogP contribution in [0.15, 0.2) is 24.3 Å². The van der Waals surface area contributed by atoms with Gasteiger partial charge in [-0.05, 0) is 37.0 Å². The molecule has 2 aliphatic heterocycles. The summed E-state index contributed by atoms with van der Waals surface area (Å²) in [4.78, 5) is 39.7. The van der Waals surface area contributed by atoms with Crippen molar-refractivity contribution in [3.8, 4) is 0 Å². The van der Waals surface area contributed by atoms with Gasteiger partial charge in [0.15, 0.2) is 0 Å². The maximum absolute atomic E-state index is 12.8. The van der Waals surface area contributed by atoms with Crippen LogP contribution in [0.1, 0.15) is 36.0 Å². The lowest BCUT2D eigenvalue weighted by Crippen LogP contribution is -2.39. The summed E-state index contributed by atoms with van der Waals surface area (Å²) in [6.45, 7) is 3.25. The Labute approximate surface area is 159 Å². The van der Waals surface area contributed by atoms with E-state index in [1.165, 1.54) is 4.90 Å². The number of ether oxygens (including phenoxy) is 2. The van der Waals surface area contributed by atoms with Crippen LogP contribution in [0.3, 0.4) is 0 Å². The third kappa shape index (κ3) is 4.73. The Bertz CT molecular complexity index is 681. The molecule has 0 spiro atoms. The molecule has 0 saturated carbocycles. The van der Waals surface area contributed by atoms with E-state index in [9.17, 15) is 14.4 Å². The Morgan fingerprint density at radius 1 is 1.11 bits per heavy atom. The molecule has 0 atom stereocenters. The van der Waals surface area contributed by atoms with E-state index in [4.69, 9.17) is 9.47 Å². The summed E-state index contributed by atoms with van der Waals surface area (Å²) in [5, 5.41) is 0. The second kappa shape index (κ2) is 9.10. The quantitative estimate of drug-likeness (QED) is 0.538. The van der Waals surface area contributed by atoms with E-state index < -0.39 is 0 Å². The zero-order valence-corrected chi connectivity index (χ0v) is 15.7. The van der Waals surface area contributed by atoms with E-state index in [0.29, 0.717) is 50.1 Å². The Morgan fingerprint density at radius 2 is 1.81 bits per heavy atom. The maximum atomic E-state index is 12.8. The molecular formula is C20H26N2O5. The first kappa shape index (κ1) is 19.5. The number of hydrogen-bond acceptors (Lipinski definition) is 5. The van der Waals surface area contributed by atoms with Gasteiger partial charge in [0.25, 0.3) is 5.91 Å². The van der Waals surface area contributed by atoms with E-state index in [1.807, 2.05) is 4.90 Å². The molecule has 0 aliphatic carbocycles. The zero-order chi connectivity index (χ0) is 19.2. The lowest BCUT2D eigenvalue weighted by Gasteiger charge is -2.32. The third-order valence-corrected chi connectivity index (χ3v) is 5.09.